The maximum absolute atomic E-state index is 12.0. The number of amides is 1. The van der Waals surface area contributed by atoms with Crippen molar-refractivity contribution in [3.05, 3.63) is 29.3 Å². The Hall–Kier alpha value is -0.870. The van der Waals surface area contributed by atoms with Crippen LogP contribution in [0.5, 0.6) is 5.75 Å². The lowest BCUT2D eigenvalue weighted by atomic mass is 10.1. The summed E-state index contributed by atoms with van der Waals surface area (Å²) >= 11 is 7.58. The Morgan fingerprint density at radius 1 is 1.37 bits per heavy atom. The summed E-state index contributed by atoms with van der Waals surface area (Å²) in [6, 6.07) is 6.99. The number of hydrogen-bond acceptors (Lipinski definition) is 3. The maximum atomic E-state index is 12.0. The zero-order chi connectivity index (χ0) is 14.3. The summed E-state index contributed by atoms with van der Waals surface area (Å²) in [4.78, 5) is 12.0. The molecule has 0 saturated heterocycles. The molecule has 0 atom stereocenters. The molecule has 5 heteroatoms. The van der Waals surface area contributed by atoms with Crippen LogP contribution in [0.1, 0.15) is 20.3 Å². The average molecular weight is 302 g/mol. The van der Waals surface area contributed by atoms with Gasteiger partial charge < -0.3 is 10.1 Å². The van der Waals surface area contributed by atoms with Gasteiger partial charge in [0, 0.05) is 11.6 Å². The van der Waals surface area contributed by atoms with E-state index >= 15 is 0 Å². The molecule has 3 nitrogen and oxygen atoms in total. The van der Waals surface area contributed by atoms with Crippen LogP contribution in [0.15, 0.2) is 24.3 Å². The first kappa shape index (κ1) is 16.2. The number of carbonyl (C=O) groups is 1. The highest BCUT2D eigenvalue weighted by molar-refractivity contribution is 7.98. The van der Waals surface area contributed by atoms with Gasteiger partial charge in [0.05, 0.1) is 0 Å². The molecule has 0 heterocycles. The van der Waals surface area contributed by atoms with Crippen LogP contribution < -0.4 is 10.1 Å². The van der Waals surface area contributed by atoms with Gasteiger partial charge in [0.1, 0.15) is 5.75 Å². The van der Waals surface area contributed by atoms with E-state index in [1.165, 1.54) is 0 Å². The van der Waals surface area contributed by atoms with E-state index in [-0.39, 0.29) is 5.91 Å². The summed E-state index contributed by atoms with van der Waals surface area (Å²) in [6.45, 7) is 4.18. The van der Waals surface area contributed by atoms with E-state index in [0.29, 0.717) is 17.3 Å². The zero-order valence-electron chi connectivity index (χ0n) is 11.5. The molecule has 0 unspecified atom stereocenters. The number of hydrogen-bond donors (Lipinski definition) is 1. The van der Waals surface area contributed by atoms with Gasteiger partial charge in [0.15, 0.2) is 5.60 Å². The minimum Gasteiger partial charge on any atom is -0.478 e. The van der Waals surface area contributed by atoms with Crippen LogP contribution in [0, 0.1) is 0 Å². The predicted octanol–water partition coefficient (Wildman–Crippen LogP) is 3.37. The molecule has 0 aliphatic rings. The first-order valence-electron chi connectivity index (χ1n) is 6.17. The van der Waals surface area contributed by atoms with Crippen molar-refractivity contribution < 1.29 is 9.53 Å². The fourth-order valence-electron chi connectivity index (χ4n) is 1.47. The lowest BCUT2D eigenvalue weighted by Gasteiger charge is -2.25. The Labute approximate surface area is 124 Å². The van der Waals surface area contributed by atoms with Crippen molar-refractivity contribution in [2.75, 3.05) is 18.6 Å². The third-order valence-corrected chi connectivity index (χ3v) is 3.49. The smallest absolute Gasteiger partial charge is 0.263 e. The quantitative estimate of drug-likeness (QED) is 0.785. The van der Waals surface area contributed by atoms with Crippen LogP contribution in [0.4, 0.5) is 0 Å². The summed E-state index contributed by atoms with van der Waals surface area (Å²) < 4.78 is 5.70. The fraction of sp³-hybridized carbons (Fsp3) is 0.500. The fourth-order valence-corrected chi connectivity index (χ4v) is 2.03. The average Bonchev–Trinajstić information content (AvgIpc) is 2.37. The highest BCUT2D eigenvalue weighted by atomic mass is 35.5. The molecule has 0 spiro atoms. The van der Waals surface area contributed by atoms with Gasteiger partial charge in [-0.05, 0) is 56.5 Å². The van der Waals surface area contributed by atoms with Crippen LogP contribution in [0.3, 0.4) is 0 Å². The second-order valence-electron chi connectivity index (χ2n) is 4.67. The van der Waals surface area contributed by atoms with E-state index in [0.717, 1.165) is 12.2 Å². The lowest BCUT2D eigenvalue weighted by Crippen LogP contribution is -2.46. The summed E-state index contributed by atoms with van der Waals surface area (Å²) in [5, 5.41) is 3.53. The van der Waals surface area contributed by atoms with E-state index < -0.39 is 5.60 Å². The number of thioether (sulfide) groups is 1. The van der Waals surface area contributed by atoms with Crippen LogP contribution in [-0.2, 0) is 4.79 Å². The summed E-state index contributed by atoms with van der Waals surface area (Å²) in [6.07, 6.45) is 3.01. The van der Waals surface area contributed by atoms with Gasteiger partial charge in [0.2, 0.25) is 0 Å². The molecule has 0 aromatic heterocycles. The normalized spacial score (nSPS) is 11.2. The van der Waals surface area contributed by atoms with Crippen LogP contribution in [-0.4, -0.2) is 30.1 Å². The summed E-state index contributed by atoms with van der Waals surface area (Å²) in [5.74, 6) is 1.57. The second kappa shape index (κ2) is 7.65. The Bertz CT molecular complexity index is 406. The number of halogens is 1. The zero-order valence-corrected chi connectivity index (χ0v) is 13.1. The molecule has 1 rings (SSSR count). The molecule has 106 valence electrons. The molecule has 1 N–H and O–H groups in total. The lowest BCUT2D eigenvalue weighted by molar-refractivity contribution is -0.134. The molecule has 0 radical (unpaired) electrons. The molecule has 0 aliphatic carbocycles. The van der Waals surface area contributed by atoms with Crippen molar-refractivity contribution in [2.45, 2.75) is 25.9 Å². The van der Waals surface area contributed by atoms with Gasteiger partial charge in [0.25, 0.3) is 5.91 Å². The van der Waals surface area contributed by atoms with Gasteiger partial charge in [-0.3, -0.25) is 4.79 Å². The molecule has 1 aromatic carbocycles. The largest absolute Gasteiger partial charge is 0.478 e. The summed E-state index contributed by atoms with van der Waals surface area (Å²) in [7, 11) is 0. The molecule has 19 heavy (non-hydrogen) atoms. The monoisotopic (exact) mass is 301 g/mol. The highest BCUT2D eigenvalue weighted by Gasteiger charge is 2.29. The number of rotatable bonds is 7. The Kier molecular flexibility index (Phi) is 6.52. The molecule has 0 aliphatic heterocycles. The topological polar surface area (TPSA) is 38.3 Å². The van der Waals surface area contributed by atoms with Gasteiger partial charge in [-0.2, -0.15) is 11.8 Å². The standard InChI is InChI=1S/C14H20ClNO2S/c1-14(2,13(17)16-9-4-10-19-3)18-12-7-5-11(15)6-8-12/h5-8H,4,9-10H2,1-3H3,(H,16,17). The second-order valence-corrected chi connectivity index (χ2v) is 6.09. The van der Waals surface area contributed by atoms with E-state index in [1.807, 2.05) is 0 Å². The van der Waals surface area contributed by atoms with Gasteiger partial charge in [-0.1, -0.05) is 11.6 Å². The van der Waals surface area contributed by atoms with Gasteiger partial charge in [-0.25, -0.2) is 0 Å². The molecule has 0 fully saturated rings. The first-order valence-corrected chi connectivity index (χ1v) is 7.95. The van der Waals surface area contributed by atoms with E-state index in [2.05, 4.69) is 11.6 Å². The Morgan fingerprint density at radius 2 is 2.00 bits per heavy atom. The highest BCUT2D eigenvalue weighted by Crippen LogP contribution is 2.20. The van der Waals surface area contributed by atoms with Crippen molar-refractivity contribution in [3.63, 3.8) is 0 Å². The van der Waals surface area contributed by atoms with E-state index in [1.54, 1.807) is 49.9 Å². The Morgan fingerprint density at radius 3 is 2.58 bits per heavy atom. The van der Waals surface area contributed by atoms with Crippen molar-refractivity contribution in [1.29, 1.82) is 0 Å². The number of ether oxygens (including phenoxy) is 1. The minimum absolute atomic E-state index is 0.108. The molecule has 0 bridgehead atoms. The van der Waals surface area contributed by atoms with Gasteiger partial charge >= 0.3 is 0 Å². The Balaban J connectivity index is 2.49. The van der Waals surface area contributed by atoms with Crippen molar-refractivity contribution in [3.8, 4) is 5.75 Å². The van der Waals surface area contributed by atoms with Crippen molar-refractivity contribution in [2.24, 2.45) is 0 Å². The maximum Gasteiger partial charge on any atom is 0.263 e. The molecular formula is C14H20ClNO2S. The van der Waals surface area contributed by atoms with Gasteiger partial charge in [-0.15, -0.1) is 0 Å². The van der Waals surface area contributed by atoms with Crippen molar-refractivity contribution >= 4 is 29.3 Å². The molecule has 1 amide bonds. The third-order valence-electron chi connectivity index (χ3n) is 2.54. The van der Waals surface area contributed by atoms with Crippen LogP contribution >= 0.6 is 23.4 Å². The summed E-state index contributed by atoms with van der Waals surface area (Å²) in [5.41, 5.74) is -0.896. The molecule has 1 aromatic rings. The number of nitrogens with one attached hydrogen (secondary N) is 1. The third kappa shape index (κ3) is 5.74. The molecular weight excluding hydrogens is 282 g/mol. The van der Waals surface area contributed by atoms with Crippen LogP contribution in [0.25, 0.3) is 0 Å². The van der Waals surface area contributed by atoms with E-state index in [4.69, 9.17) is 16.3 Å². The van der Waals surface area contributed by atoms with E-state index in [9.17, 15) is 4.79 Å². The first-order chi connectivity index (χ1) is 8.95. The minimum atomic E-state index is -0.896. The predicted molar refractivity (Wildman–Crippen MR) is 82.2 cm³/mol. The van der Waals surface area contributed by atoms with Crippen molar-refractivity contribution in [1.82, 2.24) is 5.32 Å². The number of carbonyl (C=O) groups excluding carboxylic acids is 1. The van der Waals surface area contributed by atoms with Crippen LogP contribution in [0.2, 0.25) is 5.02 Å². The molecule has 0 saturated carbocycles. The SMILES string of the molecule is CSCCCNC(=O)C(C)(C)Oc1ccc(Cl)cc1. The number of benzene rings is 1.